The van der Waals surface area contributed by atoms with Crippen molar-refractivity contribution in [2.75, 3.05) is 6.54 Å². The summed E-state index contributed by atoms with van der Waals surface area (Å²) in [5.41, 5.74) is 1.89. The molecule has 0 saturated carbocycles. The van der Waals surface area contributed by atoms with Crippen molar-refractivity contribution >= 4 is 6.34 Å². The zero-order chi connectivity index (χ0) is 9.07. The van der Waals surface area contributed by atoms with Crippen LogP contribution < -0.4 is 5.48 Å². The van der Waals surface area contributed by atoms with Gasteiger partial charge in [-0.1, -0.05) is 39.0 Å². The van der Waals surface area contributed by atoms with Gasteiger partial charge in [0.05, 0.1) is 0 Å². The summed E-state index contributed by atoms with van der Waals surface area (Å²) in [7, 11) is 0. The molecule has 2 N–H and O–H groups in total. The van der Waals surface area contributed by atoms with Crippen LogP contribution in [0.5, 0.6) is 0 Å². The SMILES string of the molecule is CCCCCCCCN=CNO. The Morgan fingerprint density at radius 1 is 1.17 bits per heavy atom. The zero-order valence-corrected chi connectivity index (χ0v) is 7.92. The fraction of sp³-hybridized carbons (Fsp3) is 0.889. The minimum Gasteiger partial charge on any atom is -0.290 e. The molecule has 0 aromatic carbocycles. The smallest absolute Gasteiger partial charge is 0.107 e. The van der Waals surface area contributed by atoms with Crippen LogP contribution in [0.4, 0.5) is 0 Å². The third-order valence-corrected chi connectivity index (χ3v) is 1.79. The second kappa shape index (κ2) is 10.4. The molecule has 12 heavy (non-hydrogen) atoms. The molecule has 0 saturated heterocycles. The maximum atomic E-state index is 8.14. The van der Waals surface area contributed by atoms with Crippen molar-refractivity contribution in [3.8, 4) is 0 Å². The molecule has 0 aromatic heterocycles. The predicted octanol–water partition coefficient (Wildman–Crippen LogP) is 2.35. The van der Waals surface area contributed by atoms with Crippen LogP contribution in [0.1, 0.15) is 45.4 Å². The van der Waals surface area contributed by atoms with Crippen molar-refractivity contribution < 1.29 is 5.21 Å². The third-order valence-electron chi connectivity index (χ3n) is 1.79. The Labute approximate surface area is 74.9 Å². The minimum atomic E-state index is 0.819. The third kappa shape index (κ3) is 9.43. The van der Waals surface area contributed by atoms with Crippen molar-refractivity contribution in [3.05, 3.63) is 0 Å². The van der Waals surface area contributed by atoms with Crippen LogP contribution in [0.25, 0.3) is 0 Å². The highest BCUT2D eigenvalue weighted by Crippen LogP contribution is 2.04. The van der Waals surface area contributed by atoms with Gasteiger partial charge in [0.1, 0.15) is 6.34 Å². The van der Waals surface area contributed by atoms with E-state index in [0.29, 0.717) is 0 Å². The molecule has 0 fully saturated rings. The number of hydrogen-bond acceptors (Lipinski definition) is 2. The molecular weight excluding hydrogens is 152 g/mol. The highest BCUT2D eigenvalue weighted by molar-refractivity contribution is 5.51. The Bertz CT molecular complexity index is 105. The first-order valence-electron chi connectivity index (χ1n) is 4.79. The molecule has 0 bridgehead atoms. The van der Waals surface area contributed by atoms with E-state index in [-0.39, 0.29) is 0 Å². The predicted molar refractivity (Wildman–Crippen MR) is 51.7 cm³/mol. The number of unbranched alkanes of at least 4 members (excludes halogenated alkanes) is 5. The van der Waals surface area contributed by atoms with Gasteiger partial charge >= 0.3 is 0 Å². The van der Waals surface area contributed by atoms with E-state index >= 15 is 0 Å². The lowest BCUT2D eigenvalue weighted by atomic mass is 10.1. The van der Waals surface area contributed by atoms with Gasteiger partial charge in [-0.2, -0.15) is 0 Å². The van der Waals surface area contributed by atoms with Crippen LogP contribution in [-0.2, 0) is 0 Å². The molecule has 0 radical (unpaired) electrons. The molecule has 0 heterocycles. The molecule has 3 nitrogen and oxygen atoms in total. The fourth-order valence-corrected chi connectivity index (χ4v) is 1.09. The lowest BCUT2D eigenvalue weighted by molar-refractivity contribution is 0.239. The van der Waals surface area contributed by atoms with E-state index in [1.165, 1.54) is 38.4 Å². The summed E-state index contributed by atoms with van der Waals surface area (Å²) in [6.07, 6.45) is 9.01. The molecular formula is C9H20N2O. The van der Waals surface area contributed by atoms with Crippen LogP contribution in [0.15, 0.2) is 4.99 Å². The van der Waals surface area contributed by atoms with Gasteiger partial charge in [-0.05, 0) is 6.42 Å². The van der Waals surface area contributed by atoms with Crippen molar-refractivity contribution in [2.24, 2.45) is 4.99 Å². The second-order valence-corrected chi connectivity index (χ2v) is 2.93. The van der Waals surface area contributed by atoms with E-state index in [1.54, 1.807) is 0 Å². The van der Waals surface area contributed by atoms with Crippen molar-refractivity contribution in [2.45, 2.75) is 45.4 Å². The molecule has 0 aliphatic rings. The van der Waals surface area contributed by atoms with Crippen LogP contribution >= 0.6 is 0 Å². The fourth-order valence-electron chi connectivity index (χ4n) is 1.09. The standard InChI is InChI=1S/C9H20N2O/c1-2-3-4-5-6-7-8-10-9-11-12/h9,12H,2-8H2,1H3,(H,10,11). The van der Waals surface area contributed by atoms with Gasteiger partial charge in [0.2, 0.25) is 0 Å². The summed E-state index contributed by atoms with van der Waals surface area (Å²) in [6, 6.07) is 0. The molecule has 0 rings (SSSR count). The summed E-state index contributed by atoms with van der Waals surface area (Å²) >= 11 is 0. The van der Waals surface area contributed by atoms with E-state index in [4.69, 9.17) is 5.21 Å². The number of hydroxylamine groups is 1. The number of nitrogens with zero attached hydrogens (tertiary/aromatic N) is 1. The van der Waals surface area contributed by atoms with Crippen molar-refractivity contribution in [3.63, 3.8) is 0 Å². The largest absolute Gasteiger partial charge is 0.290 e. The highest BCUT2D eigenvalue weighted by Gasteiger charge is 1.87. The Morgan fingerprint density at radius 2 is 1.83 bits per heavy atom. The van der Waals surface area contributed by atoms with Crippen LogP contribution in [0.3, 0.4) is 0 Å². The Hall–Kier alpha value is -0.570. The normalized spacial score (nSPS) is 10.8. The molecule has 3 heteroatoms. The van der Waals surface area contributed by atoms with E-state index in [9.17, 15) is 0 Å². The van der Waals surface area contributed by atoms with Gasteiger partial charge < -0.3 is 0 Å². The van der Waals surface area contributed by atoms with E-state index < -0.39 is 0 Å². The highest BCUT2D eigenvalue weighted by atomic mass is 16.5. The average molecular weight is 172 g/mol. The maximum absolute atomic E-state index is 8.14. The molecule has 0 aliphatic carbocycles. The number of nitrogens with one attached hydrogen (secondary N) is 1. The van der Waals surface area contributed by atoms with Crippen molar-refractivity contribution in [1.29, 1.82) is 0 Å². The van der Waals surface area contributed by atoms with Gasteiger partial charge in [-0.3, -0.25) is 15.7 Å². The quantitative estimate of drug-likeness (QED) is 0.255. The van der Waals surface area contributed by atoms with Gasteiger partial charge in [-0.25, -0.2) is 0 Å². The van der Waals surface area contributed by atoms with Crippen LogP contribution in [-0.4, -0.2) is 18.1 Å². The molecule has 0 aliphatic heterocycles. The topological polar surface area (TPSA) is 44.6 Å². The summed E-state index contributed by atoms with van der Waals surface area (Å²) in [4.78, 5) is 3.92. The Morgan fingerprint density at radius 3 is 2.50 bits per heavy atom. The number of aliphatic imine (C=N–C) groups is 1. The molecule has 0 amide bonds. The van der Waals surface area contributed by atoms with Crippen molar-refractivity contribution in [1.82, 2.24) is 5.48 Å². The van der Waals surface area contributed by atoms with E-state index in [1.807, 2.05) is 5.48 Å². The van der Waals surface area contributed by atoms with Gasteiger partial charge in [-0.15, -0.1) is 0 Å². The van der Waals surface area contributed by atoms with E-state index in [2.05, 4.69) is 11.9 Å². The molecule has 0 atom stereocenters. The molecule has 0 unspecified atom stereocenters. The lowest BCUT2D eigenvalue weighted by Crippen LogP contribution is -2.02. The molecule has 0 spiro atoms. The molecule has 72 valence electrons. The lowest BCUT2D eigenvalue weighted by Gasteiger charge is -1.97. The summed E-state index contributed by atoms with van der Waals surface area (Å²) < 4.78 is 0. The first-order chi connectivity index (χ1) is 5.91. The zero-order valence-electron chi connectivity index (χ0n) is 7.92. The minimum absolute atomic E-state index is 0.819. The average Bonchev–Trinajstić information content (AvgIpc) is 2.10. The number of hydrogen-bond donors (Lipinski definition) is 2. The summed E-state index contributed by atoms with van der Waals surface area (Å²) in [5, 5.41) is 8.14. The van der Waals surface area contributed by atoms with Gasteiger partial charge in [0, 0.05) is 6.54 Å². The Kier molecular flexibility index (Phi) is 9.93. The first kappa shape index (κ1) is 11.4. The Balaban J connectivity index is 2.86. The summed E-state index contributed by atoms with van der Waals surface area (Å²) in [6.45, 7) is 3.04. The van der Waals surface area contributed by atoms with E-state index in [0.717, 1.165) is 13.0 Å². The monoisotopic (exact) mass is 172 g/mol. The second-order valence-electron chi connectivity index (χ2n) is 2.93. The van der Waals surface area contributed by atoms with Gasteiger partial charge in [0.15, 0.2) is 0 Å². The summed E-state index contributed by atoms with van der Waals surface area (Å²) in [5.74, 6) is 0. The van der Waals surface area contributed by atoms with Crippen LogP contribution in [0, 0.1) is 0 Å². The van der Waals surface area contributed by atoms with Gasteiger partial charge in [0.25, 0.3) is 0 Å². The maximum Gasteiger partial charge on any atom is 0.107 e. The number of rotatable bonds is 8. The molecule has 0 aromatic rings. The van der Waals surface area contributed by atoms with Crippen LogP contribution in [0.2, 0.25) is 0 Å². The first-order valence-corrected chi connectivity index (χ1v) is 4.79.